The zero-order valence-electron chi connectivity index (χ0n) is 12.5. The maximum Gasteiger partial charge on any atom is 0.303 e. The Hall–Kier alpha value is -1.10. The molecule has 1 aliphatic rings. The molecule has 1 fully saturated rings. The summed E-state index contributed by atoms with van der Waals surface area (Å²) in [5.74, 6) is 0.254. The van der Waals surface area contributed by atoms with E-state index in [1.54, 1.807) is 0 Å². The van der Waals surface area contributed by atoms with E-state index >= 15 is 0 Å². The summed E-state index contributed by atoms with van der Waals surface area (Å²) in [6.07, 6.45) is 5.67. The van der Waals surface area contributed by atoms with E-state index in [1.165, 1.54) is 0 Å². The van der Waals surface area contributed by atoms with E-state index in [4.69, 9.17) is 5.11 Å². The summed E-state index contributed by atoms with van der Waals surface area (Å²) in [7, 11) is 0. The van der Waals surface area contributed by atoms with Gasteiger partial charge in [0.15, 0.2) is 0 Å². The fourth-order valence-electron chi connectivity index (χ4n) is 2.73. The molecule has 1 aliphatic heterocycles. The van der Waals surface area contributed by atoms with Crippen molar-refractivity contribution in [3.63, 3.8) is 0 Å². The average Bonchev–Trinajstić information content (AvgIpc) is 2.43. The van der Waals surface area contributed by atoms with Crippen molar-refractivity contribution in [3.8, 4) is 0 Å². The summed E-state index contributed by atoms with van der Waals surface area (Å²) in [6.45, 7) is 4.75. The first-order valence-corrected chi connectivity index (χ1v) is 7.81. The van der Waals surface area contributed by atoms with Crippen molar-refractivity contribution in [1.82, 2.24) is 10.6 Å². The van der Waals surface area contributed by atoms with Crippen LogP contribution in [0.4, 0.5) is 0 Å². The predicted octanol–water partition coefficient (Wildman–Crippen LogP) is 1.77. The number of piperidine rings is 1. The molecule has 2 unspecified atom stereocenters. The minimum atomic E-state index is -0.739. The van der Waals surface area contributed by atoms with Crippen molar-refractivity contribution < 1.29 is 14.7 Å². The van der Waals surface area contributed by atoms with Crippen molar-refractivity contribution in [2.45, 2.75) is 51.9 Å². The lowest BCUT2D eigenvalue weighted by atomic mass is 9.95. The number of hydrogen-bond acceptors (Lipinski definition) is 3. The van der Waals surface area contributed by atoms with Gasteiger partial charge in [0, 0.05) is 19.4 Å². The Morgan fingerprint density at radius 2 is 2.20 bits per heavy atom. The van der Waals surface area contributed by atoms with Crippen molar-refractivity contribution in [2.24, 2.45) is 11.8 Å². The molecule has 0 aliphatic carbocycles. The van der Waals surface area contributed by atoms with Crippen molar-refractivity contribution in [3.05, 3.63) is 0 Å². The number of carboxylic acid groups (broad SMARTS) is 1. The second kappa shape index (κ2) is 9.75. The van der Waals surface area contributed by atoms with Crippen LogP contribution in [-0.4, -0.2) is 36.6 Å². The third kappa shape index (κ3) is 7.48. The third-order valence-electron chi connectivity index (χ3n) is 4.09. The number of carboxylic acids is 1. The molecule has 2 atom stereocenters. The highest BCUT2D eigenvalue weighted by Gasteiger charge is 2.16. The molecule has 0 aromatic rings. The van der Waals surface area contributed by atoms with Crippen LogP contribution in [0.25, 0.3) is 0 Å². The highest BCUT2D eigenvalue weighted by atomic mass is 16.4. The number of rotatable bonds is 9. The molecule has 0 spiro atoms. The van der Waals surface area contributed by atoms with Crippen LogP contribution < -0.4 is 10.6 Å². The molecule has 116 valence electrons. The molecule has 5 nitrogen and oxygen atoms in total. The molecule has 0 saturated carbocycles. The number of hydrogen-bond donors (Lipinski definition) is 3. The van der Waals surface area contributed by atoms with E-state index in [0.717, 1.165) is 38.8 Å². The third-order valence-corrected chi connectivity index (χ3v) is 4.09. The van der Waals surface area contributed by atoms with Crippen molar-refractivity contribution in [1.29, 1.82) is 0 Å². The van der Waals surface area contributed by atoms with E-state index in [-0.39, 0.29) is 12.3 Å². The fourth-order valence-corrected chi connectivity index (χ4v) is 2.73. The lowest BCUT2D eigenvalue weighted by Crippen LogP contribution is -2.34. The van der Waals surface area contributed by atoms with Gasteiger partial charge in [-0.15, -0.1) is 0 Å². The van der Waals surface area contributed by atoms with Crippen LogP contribution in [0.15, 0.2) is 0 Å². The van der Waals surface area contributed by atoms with E-state index in [0.29, 0.717) is 31.2 Å². The average molecular weight is 284 g/mol. The van der Waals surface area contributed by atoms with Gasteiger partial charge in [-0.1, -0.05) is 13.3 Å². The van der Waals surface area contributed by atoms with Gasteiger partial charge in [-0.25, -0.2) is 0 Å². The van der Waals surface area contributed by atoms with Gasteiger partial charge in [-0.05, 0) is 50.6 Å². The Morgan fingerprint density at radius 3 is 2.80 bits per heavy atom. The molecular weight excluding hydrogens is 256 g/mol. The molecule has 20 heavy (non-hydrogen) atoms. The molecule has 1 amide bonds. The summed E-state index contributed by atoms with van der Waals surface area (Å²) < 4.78 is 0. The molecule has 3 N–H and O–H groups in total. The van der Waals surface area contributed by atoms with Gasteiger partial charge in [0.1, 0.15) is 0 Å². The molecule has 0 radical (unpaired) electrons. The quantitative estimate of drug-likeness (QED) is 0.603. The standard InChI is InChI=1S/C15H28N2O3/c1-2-12(5-6-15(19)20)7-9-17-14(18)10-13-4-3-8-16-11-13/h12-13,16H,2-11H2,1H3,(H,17,18)(H,19,20). The molecule has 0 aromatic carbocycles. The summed E-state index contributed by atoms with van der Waals surface area (Å²) in [4.78, 5) is 22.4. The molecule has 1 rings (SSSR count). The predicted molar refractivity (Wildman–Crippen MR) is 78.5 cm³/mol. The first-order valence-electron chi connectivity index (χ1n) is 7.81. The Morgan fingerprint density at radius 1 is 1.40 bits per heavy atom. The van der Waals surface area contributed by atoms with Crippen molar-refractivity contribution in [2.75, 3.05) is 19.6 Å². The normalized spacial score (nSPS) is 20.4. The second-order valence-electron chi connectivity index (χ2n) is 5.76. The molecular formula is C15H28N2O3. The first kappa shape index (κ1) is 17.0. The fraction of sp³-hybridized carbons (Fsp3) is 0.867. The number of carbonyl (C=O) groups is 2. The molecule has 0 aromatic heterocycles. The smallest absolute Gasteiger partial charge is 0.303 e. The maximum atomic E-state index is 11.8. The summed E-state index contributed by atoms with van der Waals surface area (Å²) in [5.41, 5.74) is 0. The van der Waals surface area contributed by atoms with Crippen LogP contribution in [0.3, 0.4) is 0 Å². The number of nitrogens with one attached hydrogen (secondary N) is 2. The number of amides is 1. The summed E-state index contributed by atoms with van der Waals surface area (Å²) in [5, 5.41) is 15.0. The zero-order valence-corrected chi connectivity index (χ0v) is 12.5. The van der Waals surface area contributed by atoms with Gasteiger partial charge < -0.3 is 15.7 Å². The van der Waals surface area contributed by atoms with Crippen LogP contribution in [0.2, 0.25) is 0 Å². The van der Waals surface area contributed by atoms with Gasteiger partial charge in [-0.3, -0.25) is 9.59 Å². The second-order valence-corrected chi connectivity index (χ2v) is 5.76. The van der Waals surface area contributed by atoms with E-state index in [9.17, 15) is 9.59 Å². The Kier molecular flexibility index (Phi) is 8.26. The monoisotopic (exact) mass is 284 g/mol. The van der Waals surface area contributed by atoms with Crippen LogP contribution in [0.1, 0.15) is 51.9 Å². The van der Waals surface area contributed by atoms with Crippen LogP contribution in [0, 0.1) is 11.8 Å². The summed E-state index contributed by atoms with van der Waals surface area (Å²) >= 11 is 0. The van der Waals surface area contributed by atoms with E-state index in [1.807, 2.05) is 0 Å². The minimum absolute atomic E-state index is 0.131. The SMILES string of the molecule is CCC(CCNC(=O)CC1CCCNC1)CCC(=O)O. The van der Waals surface area contributed by atoms with Gasteiger partial charge in [0.25, 0.3) is 0 Å². The van der Waals surface area contributed by atoms with Gasteiger partial charge in [0.2, 0.25) is 5.91 Å². The summed E-state index contributed by atoms with van der Waals surface area (Å²) in [6, 6.07) is 0. The molecule has 5 heteroatoms. The van der Waals surface area contributed by atoms with Gasteiger partial charge >= 0.3 is 5.97 Å². The molecule has 1 saturated heterocycles. The maximum absolute atomic E-state index is 11.8. The Bertz CT molecular complexity index is 301. The van der Waals surface area contributed by atoms with Crippen molar-refractivity contribution >= 4 is 11.9 Å². The topological polar surface area (TPSA) is 78.4 Å². The zero-order chi connectivity index (χ0) is 14.8. The Labute approximate surface area is 121 Å². The first-order chi connectivity index (χ1) is 9.61. The lowest BCUT2D eigenvalue weighted by molar-refractivity contribution is -0.137. The van der Waals surface area contributed by atoms with Gasteiger partial charge in [-0.2, -0.15) is 0 Å². The van der Waals surface area contributed by atoms with E-state index < -0.39 is 5.97 Å². The minimum Gasteiger partial charge on any atom is -0.481 e. The Balaban J connectivity index is 2.11. The number of carbonyl (C=O) groups excluding carboxylic acids is 1. The highest BCUT2D eigenvalue weighted by molar-refractivity contribution is 5.76. The highest BCUT2D eigenvalue weighted by Crippen LogP contribution is 2.16. The lowest BCUT2D eigenvalue weighted by Gasteiger charge is -2.22. The van der Waals surface area contributed by atoms with Gasteiger partial charge in [0.05, 0.1) is 0 Å². The van der Waals surface area contributed by atoms with E-state index in [2.05, 4.69) is 17.6 Å². The number of aliphatic carboxylic acids is 1. The molecule has 1 heterocycles. The van der Waals surface area contributed by atoms with Crippen LogP contribution in [-0.2, 0) is 9.59 Å². The largest absolute Gasteiger partial charge is 0.481 e. The van der Waals surface area contributed by atoms with Crippen LogP contribution >= 0.6 is 0 Å². The van der Waals surface area contributed by atoms with Crippen LogP contribution in [0.5, 0.6) is 0 Å². The molecule has 0 bridgehead atoms.